The van der Waals surface area contributed by atoms with Gasteiger partial charge in [0.05, 0.1) is 23.0 Å². The van der Waals surface area contributed by atoms with Crippen LogP contribution in [0.3, 0.4) is 0 Å². The van der Waals surface area contributed by atoms with E-state index in [1.165, 1.54) is 19.1 Å². The minimum atomic E-state index is -4.69. The van der Waals surface area contributed by atoms with Crippen molar-refractivity contribution >= 4 is 11.6 Å². The average molecular weight is 471 g/mol. The molecule has 1 aromatic rings. The van der Waals surface area contributed by atoms with Crippen LogP contribution in [0.25, 0.3) is 0 Å². The van der Waals surface area contributed by atoms with E-state index in [2.05, 4.69) is 10.4 Å². The number of nitriles is 1. The largest absolute Gasteiger partial charge is 0.512 e. The van der Waals surface area contributed by atoms with Crippen molar-refractivity contribution in [3.05, 3.63) is 53.3 Å². The van der Waals surface area contributed by atoms with Crippen molar-refractivity contribution in [1.29, 1.82) is 10.8 Å². The summed E-state index contributed by atoms with van der Waals surface area (Å²) in [4.78, 5) is 11.9. The second kappa shape index (κ2) is 18.4. The molecule has 0 aliphatic carbocycles. The number of aliphatic hydroxyl groups excluding tert-OH is 1. The molecule has 0 bridgehead atoms. The molecule has 0 aliphatic rings. The Kier molecular flexibility index (Phi) is 19.2. The summed E-state index contributed by atoms with van der Waals surface area (Å²) in [7, 11) is 0. The predicted octanol–water partition coefficient (Wildman–Crippen LogP) is 8.18. The van der Waals surface area contributed by atoms with Gasteiger partial charge in [-0.2, -0.15) is 23.5 Å². The quantitative estimate of drug-likeness (QED) is 0.221. The smallest absolute Gasteiger partial charge is 0.417 e. The maximum absolute atomic E-state index is 12.8. The van der Waals surface area contributed by atoms with Gasteiger partial charge in [0.1, 0.15) is 0 Å². The molecule has 0 fully saturated rings. The van der Waals surface area contributed by atoms with Crippen molar-refractivity contribution in [3.63, 3.8) is 0 Å². The molecule has 0 aromatic heterocycles. The van der Waals surface area contributed by atoms with E-state index >= 15 is 0 Å². The second-order valence-electron chi connectivity index (χ2n) is 6.10. The molecule has 9 heteroatoms. The van der Waals surface area contributed by atoms with Crippen LogP contribution in [0.15, 0.2) is 47.3 Å². The Morgan fingerprint density at radius 1 is 1.24 bits per heavy atom. The molecule has 3 N–H and O–H groups in total. The molecule has 6 nitrogen and oxygen atoms in total. The van der Waals surface area contributed by atoms with Gasteiger partial charge in [-0.3, -0.25) is 4.79 Å². The summed E-state index contributed by atoms with van der Waals surface area (Å²) in [6, 6.07) is 4.33. The van der Waals surface area contributed by atoms with Crippen molar-refractivity contribution in [3.8, 4) is 6.07 Å². The zero-order chi connectivity index (χ0) is 26.7. The number of halogens is 3. The summed E-state index contributed by atoms with van der Waals surface area (Å²) in [5, 5.41) is 23.0. The highest BCUT2D eigenvalue weighted by atomic mass is 19.4. The number of aliphatic hydroxyl groups is 1. The molecule has 0 radical (unpaired) electrons. The Hall–Kier alpha value is -3.15. The van der Waals surface area contributed by atoms with Crippen molar-refractivity contribution < 1.29 is 23.1 Å². The third-order valence-corrected chi connectivity index (χ3v) is 3.97. The summed E-state index contributed by atoms with van der Waals surface area (Å²) >= 11 is 0. The van der Waals surface area contributed by atoms with E-state index in [9.17, 15) is 18.0 Å². The number of carbonyl (C=O) groups is 1. The molecule has 0 saturated heterocycles. The van der Waals surface area contributed by atoms with Crippen LogP contribution in [0.5, 0.6) is 0 Å². The van der Waals surface area contributed by atoms with Gasteiger partial charge in [0.2, 0.25) is 0 Å². The van der Waals surface area contributed by atoms with Gasteiger partial charge in [-0.05, 0) is 44.5 Å². The Morgan fingerprint density at radius 3 is 2.15 bits per heavy atom. The molecule has 1 atom stereocenters. The number of nitrogens with one attached hydrogen (secondary N) is 2. The fourth-order valence-electron chi connectivity index (χ4n) is 1.84. The van der Waals surface area contributed by atoms with Crippen LogP contribution in [0.4, 0.5) is 18.9 Å². The van der Waals surface area contributed by atoms with E-state index in [4.69, 9.17) is 15.9 Å². The van der Waals surface area contributed by atoms with Crippen molar-refractivity contribution in [2.75, 3.05) is 5.32 Å². The normalized spacial score (nSPS) is 12.4. The second-order valence-corrected chi connectivity index (χ2v) is 6.10. The fourth-order valence-corrected chi connectivity index (χ4v) is 1.84. The van der Waals surface area contributed by atoms with Crippen molar-refractivity contribution in [2.45, 2.75) is 79.9 Å². The van der Waals surface area contributed by atoms with E-state index in [1.54, 1.807) is 13.0 Å². The number of rotatable bonds is 6. The predicted molar refractivity (Wildman–Crippen MR) is 127 cm³/mol. The van der Waals surface area contributed by atoms with Crippen LogP contribution in [-0.2, 0) is 11.0 Å². The van der Waals surface area contributed by atoms with Gasteiger partial charge in [0, 0.05) is 12.1 Å². The van der Waals surface area contributed by atoms with Crippen LogP contribution in [0, 0.1) is 16.9 Å². The molecule has 186 valence electrons. The number of hydrogen-bond donors (Lipinski definition) is 3. The Morgan fingerprint density at radius 2 is 1.79 bits per heavy atom. The molecule has 1 aromatic carbocycles. The highest BCUT2D eigenvalue weighted by Crippen LogP contribution is 2.33. The summed E-state index contributed by atoms with van der Waals surface area (Å²) in [5.74, 6) is -0.249. The van der Waals surface area contributed by atoms with Crippen molar-refractivity contribution in [1.82, 2.24) is 0 Å². The minimum Gasteiger partial charge on any atom is -0.512 e. The highest BCUT2D eigenvalue weighted by Gasteiger charge is 2.35. The van der Waals surface area contributed by atoms with E-state index < -0.39 is 28.7 Å². The first kappa shape index (κ1) is 34.5. The van der Waals surface area contributed by atoms with E-state index in [-0.39, 0.29) is 12.1 Å². The topological polar surface area (TPSA) is 109 Å². The number of alkyl halides is 3. The highest BCUT2D eigenvalue weighted by molar-refractivity contribution is 5.98. The number of nitrogens with zero attached hydrogens (tertiary/aromatic N) is 2. The van der Waals surface area contributed by atoms with Gasteiger partial charge in [-0.15, -0.1) is 0 Å². The molecule has 0 heterocycles. The number of anilines is 1. The minimum absolute atomic E-state index is 0.102. The molecule has 0 spiro atoms. The zero-order valence-corrected chi connectivity index (χ0v) is 20.8. The Balaban J connectivity index is -0.000000628. The SMILES string of the molecule is C/C=C\C=C(\O)CC.CC.CC.CCC(C)(N=N)C(=O)Nc1ccc(C#N)c(C(F)(F)F)c1. The molecular formula is C24H37F3N4O2. The molecule has 33 heavy (non-hydrogen) atoms. The van der Waals surface area contributed by atoms with Gasteiger partial charge in [-0.25, -0.2) is 5.53 Å². The summed E-state index contributed by atoms with van der Waals surface area (Å²) in [5.41, 5.74) is 3.91. The number of hydrogen-bond acceptors (Lipinski definition) is 5. The molecule has 0 saturated carbocycles. The number of amides is 1. The monoisotopic (exact) mass is 470 g/mol. The lowest BCUT2D eigenvalue weighted by Crippen LogP contribution is -2.37. The Bertz CT molecular complexity index is 813. The first-order chi connectivity index (χ1) is 15.5. The van der Waals surface area contributed by atoms with Gasteiger partial charge in [0.15, 0.2) is 5.54 Å². The van der Waals surface area contributed by atoms with Gasteiger partial charge in [-0.1, -0.05) is 53.7 Å². The lowest BCUT2D eigenvalue weighted by Gasteiger charge is -2.20. The average Bonchev–Trinajstić information content (AvgIpc) is 2.84. The van der Waals surface area contributed by atoms with Crippen LogP contribution in [0.2, 0.25) is 0 Å². The van der Waals surface area contributed by atoms with Gasteiger partial charge >= 0.3 is 6.18 Å². The molecular weight excluding hydrogens is 433 g/mol. The van der Waals surface area contributed by atoms with E-state index in [0.717, 1.165) is 6.07 Å². The number of benzene rings is 1. The molecule has 1 unspecified atom stereocenters. The molecule has 1 rings (SSSR count). The molecule has 1 amide bonds. The summed E-state index contributed by atoms with van der Waals surface area (Å²) in [6.07, 6.45) is 1.64. The third kappa shape index (κ3) is 13.1. The van der Waals surface area contributed by atoms with Gasteiger partial charge < -0.3 is 10.4 Å². The van der Waals surface area contributed by atoms with Crippen LogP contribution in [-0.4, -0.2) is 16.6 Å². The standard InChI is InChI=1S/C13H13F3N4O.C7H12O.2C2H6/c1-3-12(2,20-18)11(21)19-9-5-4-8(7-17)10(6-9)13(14,15)16;1-3-5-6-7(8)4-2;2*1-2/h4-6,18H,3H2,1-2H3,(H,19,21);3,5-6,8H,4H2,1-2H3;2*1-2H3/b;5-3-,7-6+;;. The van der Waals surface area contributed by atoms with Crippen LogP contribution in [0.1, 0.15) is 79.4 Å². The number of carbonyl (C=O) groups excluding carboxylic acids is 1. The first-order valence-electron chi connectivity index (χ1n) is 10.8. The first-order valence-corrected chi connectivity index (χ1v) is 10.8. The summed E-state index contributed by atoms with van der Waals surface area (Å²) in [6.45, 7) is 14.9. The maximum Gasteiger partial charge on any atom is 0.417 e. The lowest BCUT2D eigenvalue weighted by molar-refractivity contribution is -0.137. The van der Waals surface area contributed by atoms with Crippen molar-refractivity contribution in [2.24, 2.45) is 5.11 Å². The van der Waals surface area contributed by atoms with Gasteiger partial charge in [0.25, 0.3) is 5.91 Å². The summed E-state index contributed by atoms with van der Waals surface area (Å²) < 4.78 is 38.4. The fraction of sp³-hybridized carbons (Fsp3) is 0.500. The lowest BCUT2D eigenvalue weighted by atomic mass is 9.99. The van der Waals surface area contributed by atoms with Crippen LogP contribution < -0.4 is 5.32 Å². The number of allylic oxidation sites excluding steroid dienone is 4. The zero-order valence-electron chi connectivity index (χ0n) is 20.8. The Labute approximate surface area is 195 Å². The molecule has 0 aliphatic heterocycles. The van der Waals surface area contributed by atoms with E-state index in [1.807, 2.05) is 53.7 Å². The maximum atomic E-state index is 12.8. The van der Waals surface area contributed by atoms with Crippen LogP contribution >= 0.6 is 0 Å². The van der Waals surface area contributed by atoms with E-state index in [0.29, 0.717) is 18.2 Å². The third-order valence-electron chi connectivity index (χ3n) is 3.97.